The summed E-state index contributed by atoms with van der Waals surface area (Å²) >= 11 is 0. The smallest absolute Gasteiger partial charge is 0.306 e. The Bertz CT molecular complexity index is 503. The number of esters is 2. The number of aliphatic hydroxyl groups excluding tert-OH is 1. The normalized spacial score (nSPS) is 11.6. The molecule has 0 aliphatic heterocycles. The molecule has 27 heavy (non-hydrogen) atoms. The monoisotopic (exact) mass is 412 g/mol. The van der Waals surface area contributed by atoms with Crippen molar-refractivity contribution in [2.24, 2.45) is 0 Å². The van der Waals surface area contributed by atoms with E-state index in [0.29, 0.717) is 13.0 Å². The van der Waals surface area contributed by atoms with Crippen molar-refractivity contribution in [3.05, 3.63) is 0 Å². The molecule has 0 radical (unpaired) electrons. The molecule has 0 bridgehead atoms. The summed E-state index contributed by atoms with van der Waals surface area (Å²) in [6.07, 6.45) is 6.14. The molecule has 0 unspecified atom stereocenters. The summed E-state index contributed by atoms with van der Waals surface area (Å²) in [5.41, 5.74) is 0. The van der Waals surface area contributed by atoms with E-state index in [1.165, 1.54) is 0 Å². The highest BCUT2D eigenvalue weighted by atomic mass is 32.2. The van der Waals surface area contributed by atoms with Crippen LogP contribution in [0.3, 0.4) is 0 Å². The lowest BCUT2D eigenvalue weighted by Crippen LogP contribution is -2.18. The minimum Gasteiger partial charge on any atom is -0.466 e. The summed E-state index contributed by atoms with van der Waals surface area (Å²) in [5.74, 6) is -1.34. The first kappa shape index (κ1) is 25.8. The Morgan fingerprint density at radius 3 is 1.67 bits per heavy atom. The van der Waals surface area contributed by atoms with E-state index in [-0.39, 0.29) is 18.6 Å². The summed E-state index contributed by atoms with van der Waals surface area (Å²) < 4.78 is 39.2. The molecule has 0 aliphatic rings. The van der Waals surface area contributed by atoms with Crippen LogP contribution in [0.25, 0.3) is 0 Å². The first-order chi connectivity index (χ1) is 12.7. The van der Waals surface area contributed by atoms with Crippen molar-refractivity contribution in [3.8, 4) is 0 Å². The fourth-order valence-corrected chi connectivity index (χ4v) is 2.89. The molecule has 3 N–H and O–H groups in total. The fraction of sp³-hybridized carbons (Fsp3) is 0.882. The fourth-order valence-electron chi connectivity index (χ4n) is 2.33. The van der Waals surface area contributed by atoms with Crippen molar-refractivity contribution in [2.75, 3.05) is 19.0 Å². The van der Waals surface area contributed by atoms with Gasteiger partial charge in [0.1, 0.15) is 6.61 Å². The van der Waals surface area contributed by atoms with Crippen molar-refractivity contribution < 1.29 is 42.2 Å². The summed E-state index contributed by atoms with van der Waals surface area (Å²) in [5, 5.41) is 17.1. The number of aliphatic hydroxyl groups is 2. The zero-order chi connectivity index (χ0) is 20.5. The second-order valence-corrected chi connectivity index (χ2v) is 7.92. The van der Waals surface area contributed by atoms with Gasteiger partial charge in [-0.2, -0.15) is 8.42 Å². The molecule has 9 nitrogen and oxygen atoms in total. The number of ether oxygens (including phenoxy) is 2. The molecule has 10 heteroatoms. The maximum atomic E-state index is 11.4. The molecule has 0 rings (SSSR count). The molecular formula is C17H32O9S. The summed E-state index contributed by atoms with van der Waals surface area (Å²) in [6, 6.07) is 0. The summed E-state index contributed by atoms with van der Waals surface area (Å²) in [4.78, 5) is 22.6. The van der Waals surface area contributed by atoms with Gasteiger partial charge in [0.05, 0.1) is 25.2 Å². The van der Waals surface area contributed by atoms with E-state index in [1.54, 1.807) is 0 Å². The van der Waals surface area contributed by atoms with Crippen LogP contribution in [0.1, 0.15) is 70.6 Å². The van der Waals surface area contributed by atoms with Crippen LogP contribution in [-0.4, -0.2) is 60.4 Å². The van der Waals surface area contributed by atoms with Crippen LogP contribution >= 0.6 is 0 Å². The Balaban J connectivity index is 3.34. The van der Waals surface area contributed by atoms with E-state index in [1.807, 2.05) is 0 Å². The Labute approximate surface area is 160 Å². The summed E-state index contributed by atoms with van der Waals surface area (Å²) in [6.45, 7) is -0.211. The average Bonchev–Trinajstić information content (AvgIpc) is 2.58. The van der Waals surface area contributed by atoms with Crippen LogP contribution in [-0.2, 0) is 29.2 Å². The lowest BCUT2D eigenvalue weighted by Gasteiger charge is -2.07. The third-order valence-corrected chi connectivity index (χ3v) is 4.54. The van der Waals surface area contributed by atoms with E-state index < -0.39 is 35.0 Å². The average molecular weight is 413 g/mol. The van der Waals surface area contributed by atoms with Crippen molar-refractivity contribution in [2.45, 2.75) is 76.9 Å². The zero-order valence-corrected chi connectivity index (χ0v) is 16.5. The minimum absolute atomic E-state index is 0.0993. The number of carbonyl (C=O) groups is 2. The second kappa shape index (κ2) is 15.8. The molecule has 0 fully saturated rings. The molecule has 0 amide bonds. The molecule has 160 valence electrons. The maximum absolute atomic E-state index is 11.4. The molecule has 0 spiro atoms. The van der Waals surface area contributed by atoms with Crippen LogP contribution in [0.4, 0.5) is 0 Å². The van der Waals surface area contributed by atoms with Crippen LogP contribution < -0.4 is 0 Å². The minimum atomic E-state index is -3.83. The molecule has 0 saturated heterocycles. The van der Waals surface area contributed by atoms with Gasteiger partial charge in [-0.25, -0.2) is 0 Å². The van der Waals surface area contributed by atoms with E-state index in [4.69, 9.17) is 19.5 Å². The lowest BCUT2D eigenvalue weighted by atomic mass is 10.1. The number of unbranched alkanes of at least 4 members (excludes halogenated alkanes) is 8. The predicted octanol–water partition coefficient (Wildman–Crippen LogP) is 1.56. The van der Waals surface area contributed by atoms with E-state index >= 15 is 0 Å². The maximum Gasteiger partial charge on any atom is 0.306 e. The third-order valence-electron chi connectivity index (χ3n) is 3.74. The van der Waals surface area contributed by atoms with Crippen LogP contribution in [0.15, 0.2) is 0 Å². The zero-order valence-electron chi connectivity index (χ0n) is 15.7. The van der Waals surface area contributed by atoms with Gasteiger partial charge in [-0.3, -0.25) is 14.1 Å². The van der Waals surface area contributed by atoms with E-state index in [0.717, 1.165) is 51.4 Å². The quantitative estimate of drug-likeness (QED) is 0.140. The molecule has 0 aromatic heterocycles. The molecule has 0 aromatic carbocycles. The van der Waals surface area contributed by atoms with Gasteiger partial charge in [-0.05, 0) is 12.8 Å². The molecule has 0 aliphatic carbocycles. The van der Waals surface area contributed by atoms with Crippen molar-refractivity contribution in [1.29, 1.82) is 0 Å². The van der Waals surface area contributed by atoms with Crippen molar-refractivity contribution >= 4 is 22.1 Å². The Kier molecular flexibility index (Phi) is 15.1. The number of hydrogen-bond acceptors (Lipinski definition) is 8. The highest BCUT2D eigenvalue weighted by Crippen LogP contribution is 2.10. The van der Waals surface area contributed by atoms with E-state index in [2.05, 4.69) is 4.74 Å². The molecule has 0 aromatic rings. The van der Waals surface area contributed by atoms with Gasteiger partial charge < -0.3 is 19.7 Å². The molecule has 0 heterocycles. The number of rotatable bonds is 17. The van der Waals surface area contributed by atoms with Crippen LogP contribution in [0.2, 0.25) is 0 Å². The van der Waals surface area contributed by atoms with Gasteiger partial charge in [0.15, 0.2) is 6.29 Å². The third kappa shape index (κ3) is 20.9. The van der Waals surface area contributed by atoms with Crippen LogP contribution in [0.5, 0.6) is 0 Å². The molecule has 0 atom stereocenters. The van der Waals surface area contributed by atoms with Gasteiger partial charge in [-0.1, -0.05) is 44.9 Å². The Hall–Kier alpha value is -1.23. The standard InChI is InChI=1S/C17H32O9S/c18-15(19)14-26-17(21)11-10-16(20)25-12-8-6-4-2-1-3-5-7-9-13-27(22,23)24/h15,18-19H,1-14H2,(H,22,23,24). The number of carbonyl (C=O) groups excluding carboxylic acids is 2. The van der Waals surface area contributed by atoms with Gasteiger partial charge in [0.2, 0.25) is 0 Å². The first-order valence-electron chi connectivity index (χ1n) is 9.33. The van der Waals surface area contributed by atoms with Crippen molar-refractivity contribution in [3.63, 3.8) is 0 Å². The SMILES string of the molecule is O=C(CCC(=O)OCC(O)O)OCCCCCCCCCCCS(=O)(=O)O. The second-order valence-electron chi connectivity index (χ2n) is 6.35. The van der Waals surface area contributed by atoms with Gasteiger partial charge in [-0.15, -0.1) is 0 Å². The lowest BCUT2D eigenvalue weighted by molar-refractivity contribution is -0.158. The van der Waals surface area contributed by atoms with Gasteiger partial charge in [0.25, 0.3) is 10.1 Å². The van der Waals surface area contributed by atoms with E-state index in [9.17, 15) is 18.0 Å². The van der Waals surface area contributed by atoms with Gasteiger partial charge >= 0.3 is 11.9 Å². The Morgan fingerprint density at radius 1 is 0.741 bits per heavy atom. The van der Waals surface area contributed by atoms with Gasteiger partial charge in [0, 0.05) is 0 Å². The highest BCUT2D eigenvalue weighted by molar-refractivity contribution is 7.85. The van der Waals surface area contributed by atoms with Crippen molar-refractivity contribution in [1.82, 2.24) is 0 Å². The molecular weight excluding hydrogens is 380 g/mol. The predicted molar refractivity (Wildman–Crippen MR) is 97.3 cm³/mol. The largest absolute Gasteiger partial charge is 0.466 e. The highest BCUT2D eigenvalue weighted by Gasteiger charge is 2.10. The summed E-state index contributed by atoms with van der Waals surface area (Å²) in [7, 11) is -3.83. The molecule has 0 saturated carbocycles. The first-order valence-corrected chi connectivity index (χ1v) is 10.9. The Morgan fingerprint density at radius 2 is 1.19 bits per heavy atom. The topological polar surface area (TPSA) is 147 Å². The van der Waals surface area contributed by atoms with Crippen LogP contribution in [0, 0.1) is 0 Å². The number of hydrogen-bond donors (Lipinski definition) is 3.